The molecule has 0 aliphatic rings. The van der Waals surface area contributed by atoms with Crippen molar-refractivity contribution in [2.75, 3.05) is 4.90 Å². The van der Waals surface area contributed by atoms with Gasteiger partial charge in [-0.1, -0.05) is 29.8 Å². The van der Waals surface area contributed by atoms with E-state index in [1.807, 2.05) is 0 Å². The first kappa shape index (κ1) is 12.6. The van der Waals surface area contributed by atoms with Gasteiger partial charge in [0.05, 0.1) is 5.69 Å². The first-order valence-corrected chi connectivity index (χ1v) is 7.74. The van der Waals surface area contributed by atoms with E-state index in [2.05, 4.69) is 9.97 Å². The first-order chi connectivity index (χ1) is 14.4. The molecule has 0 aliphatic heterocycles. The average molecular weight is 384 g/mol. The molecule has 1 N–H and O–H groups in total. The van der Waals surface area contributed by atoms with Crippen LogP contribution in [0.5, 0.6) is 0 Å². The molecule has 0 fully saturated rings. The lowest BCUT2D eigenvalue weighted by atomic mass is 10.00. The van der Waals surface area contributed by atoms with Gasteiger partial charge in [-0.2, -0.15) is 4.98 Å². The number of imide groups is 1. The maximum atomic E-state index is 12.4. The van der Waals surface area contributed by atoms with Crippen molar-refractivity contribution in [1.29, 1.82) is 0 Å². The van der Waals surface area contributed by atoms with E-state index < -0.39 is 37.4 Å². The van der Waals surface area contributed by atoms with E-state index in [1.54, 1.807) is 0 Å². The summed E-state index contributed by atoms with van der Waals surface area (Å²) in [7, 11) is 0. The summed E-state index contributed by atoms with van der Waals surface area (Å²) in [6.45, 7) is -0.906. The van der Waals surface area contributed by atoms with E-state index in [-0.39, 0.29) is 32.4 Å². The van der Waals surface area contributed by atoms with Crippen LogP contribution in [0.3, 0.4) is 0 Å². The molecule has 0 atom stereocenters. The monoisotopic (exact) mass is 383 g/mol. The second-order valence-corrected chi connectivity index (χ2v) is 6.59. The van der Waals surface area contributed by atoms with Gasteiger partial charge in [-0.25, -0.2) is 14.6 Å². The minimum atomic E-state index is -2.73. The summed E-state index contributed by atoms with van der Waals surface area (Å²) in [4.78, 5) is 32.0. The quantitative estimate of drug-likeness (QED) is 0.746. The van der Waals surface area contributed by atoms with Crippen molar-refractivity contribution in [3.8, 4) is 11.3 Å². The number of carbonyl (C=O) groups is 2. The number of hydrogen-bond donors (Lipinski definition) is 1. The van der Waals surface area contributed by atoms with Crippen molar-refractivity contribution in [3.63, 3.8) is 0 Å². The van der Waals surface area contributed by atoms with E-state index in [0.717, 1.165) is 6.07 Å². The molecule has 1 aromatic heterocycles. The van der Waals surface area contributed by atoms with Crippen molar-refractivity contribution in [1.82, 2.24) is 9.97 Å². The molecule has 1 aromatic carbocycles. The molecule has 0 radical (unpaired) electrons. The van der Waals surface area contributed by atoms with Gasteiger partial charge in [-0.05, 0) is 45.6 Å². The molecule has 1 heterocycles. The summed E-state index contributed by atoms with van der Waals surface area (Å²) in [6.07, 6.45) is -3.11. The fraction of sp³-hybridized carbons (Fsp3) is 0.333. The molecule has 138 valence electrons. The number of rotatable bonds is 2. The van der Waals surface area contributed by atoms with Gasteiger partial charge in [-0.3, -0.25) is 0 Å². The van der Waals surface area contributed by atoms with Gasteiger partial charge in [0.25, 0.3) is 0 Å². The molecule has 0 aliphatic carbocycles. The number of anilines is 1. The Morgan fingerprint density at radius 3 is 2.35 bits per heavy atom. The average Bonchev–Trinajstić information content (AvgIpc) is 2.57. The van der Waals surface area contributed by atoms with Crippen molar-refractivity contribution in [3.05, 3.63) is 40.5 Å². The summed E-state index contributed by atoms with van der Waals surface area (Å²) in [5.41, 5.74) is -2.30. The Labute approximate surface area is 165 Å². The van der Waals surface area contributed by atoms with E-state index in [4.69, 9.17) is 24.6 Å². The molecule has 0 saturated carbocycles. The van der Waals surface area contributed by atoms with Crippen LogP contribution < -0.4 is 4.90 Å². The molecular formula is C18H20ClN3O4. The molecule has 2 rings (SSSR count). The summed E-state index contributed by atoms with van der Waals surface area (Å²) in [5.74, 6) is -0.730. The zero-order chi connectivity index (χ0) is 24.6. The minimum Gasteiger partial charge on any atom is -0.464 e. The molecular weight excluding hydrogens is 358 g/mol. The SMILES string of the molecule is [2H]C([2H])([2H])c1cccc(C([2H])([2H])[2H])c1-c1cc(Cl)nc(N(C(=O)O)C(=O)OC(C)(C)C)n1. The third-order valence-electron chi connectivity index (χ3n) is 2.97. The Hall–Kier alpha value is -2.67. The van der Waals surface area contributed by atoms with Gasteiger partial charge in [0, 0.05) is 19.9 Å². The minimum absolute atomic E-state index is 0.0909. The summed E-state index contributed by atoms with van der Waals surface area (Å²) in [5, 5.41) is 9.19. The molecule has 26 heavy (non-hydrogen) atoms. The number of ether oxygens (including phenoxy) is 1. The smallest absolute Gasteiger partial charge is 0.427 e. The molecule has 2 amide bonds. The van der Waals surface area contributed by atoms with Crippen LogP contribution in [0.25, 0.3) is 11.3 Å². The number of benzene rings is 1. The van der Waals surface area contributed by atoms with Crippen molar-refractivity contribution in [2.24, 2.45) is 0 Å². The van der Waals surface area contributed by atoms with Crippen LogP contribution in [0.1, 0.15) is 40.1 Å². The van der Waals surface area contributed by atoms with Crippen LogP contribution in [0.2, 0.25) is 5.15 Å². The van der Waals surface area contributed by atoms with E-state index in [0.29, 0.717) is 0 Å². The first-order valence-electron chi connectivity index (χ1n) is 10.4. The van der Waals surface area contributed by atoms with Crippen molar-refractivity contribution in [2.45, 2.75) is 40.1 Å². The van der Waals surface area contributed by atoms with Crippen LogP contribution in [-0.2, 0) is 4.74 Å². The Kier molecular flexibility index (Phi) is 3.55. The molecule has 0 saturated heterocycles. The normalized spacial score (nSPS) is 15.5. The number of halogens is 1. The number of amides is 2. The lowest BCUT2D eigenvalue weighted by Crippen LogP contribution is -2.41. The number of aryl methyl sites for hydroxylation is 2. The Morgan fingerprint density at radius 2 is 1.85 bits per heavy atom. The Morgan fingerprint density at radius 1 is 1.23 bits per heavy atom. The zero-order valence-electron chi connectivity index (χ0n) is 20.2. The Balaban J connectivity index is 2.81. The van der Waals surface area contributed by atoms with Gasteiger partial charge in [0.15, 0.2) is 0 Å². The number of aromatic nitrogens is 2. The van der Waals surface area contributed by atoms with Crippen LogP contribution in [-0.4, -0.2) is 32.9 Å². The second kappa shape index (κ2) is 7.29. The third kappa shape index (κ3) is 4.49. The van der Waals surface area contributed by atoms with E-state index >= 15 is 0 Å². The van der Waals surface area contributed by atoms with Gasteiger partial charge in [0.1, 0.15) is 10.8 Å². The maximum Gasteiger partial charge on any atom is 0.427 e. The number of nitrogens with zero attached hydrogens (tertiary/aromatic N) is 3. The number of carboxylic acid groups (broad SMARTS) is 1. The maximum absolute atomic E-state index is 12.4. The highest BCUT2D eigenvalue weighted by molar-refractivity contribution is 6.29. The van der Waals surface area contributed by atoms with Gasteiger partial charge in [-0.15, -0.1) is 4.90 Å². The van der Waals surface area contributed by atoms with Crippen LogP contribution in [0, 0.1) is 13.7 Å². The zero-order valence-corrected chi connectivity index (χ0v) is 15.0. The molecule has 0 unspecified atom stereocenters. The lowest BCUT2D eigenvalue weighted by molar-refractivity contribution is 0.0579. The third-order valence-corrected chi connectivity index (χ3v) is 3.16. The number of carbonyl (C=O) groups excluding carboxylic acids is 1. The van der Waals surface area contributed by atoms with Gasteiger partial charge in [0.2, 0.25) is 5.95 Å². The fourth-order valence-electron chi connectivity index (χ4n) is 2.01. The molecule has 2 aromatic rings. The predicted molar refractivity (Wildman–Crippen MR) is 98.7 cm³/mol. The lowest BCUT2D eigenvalue weighted by Gasteiger charge is -2.23. The summed E-state index contributed by atoms with van der Waals surface area (Å²) >= 11 is 6.02. The molecule has 0 spiro atoms. The second-order valence-electron chi connectivity index (χ2n) is 6.20. The Bertz CT molecular complexity index is 1020. The highest BCUT2D eigenvalue weighted by Crippen LogP contribution is 2.29. The molecule has 0 bridgehead atoms. The van der Waals surface area contributed by atoms with E-state index in [9.17, 15) is 14.7 Å². The fourth-order valence-corrected chi connectivity index (χ4v) is 2.19. The van der Waals surface area contributed by atoms with Crippen LogP contribution >= 0.6 is 11.6 Å². The summed E-state index contributed by atoms with van der Waals surface area (Å²) < 4.78 is 51.8. The van der Waals surface area contributed by atoms with Crippen molar-refractivity contribution >= 4 is 29.7 Å². The highest BCUT2D eigenvalue weighted by Gasteiger charge is 2.31. The number of hydrogen-bond acceptors (Lipinski definition) is 5. The highest BCUT2D eigenvalue weighted by atomic mass is 35.5. The topological polar surface area (TPSA) is 92.6 Å². The van der Waals surface area contributed by atoms with Crippen molar-refractivity contribution < 1.29 is 27.7 Å². The van der Waals surface area contributed by atoms with Gasteiger partial charge >= 0.3 is 12.2 Å². The molecule has 7 nitrogen and oxygen atoms in total. The standard InChI is InChI=1S/C18H20ClN3O4/c1-10-7-6-8-11(2)14(10)12-9-13(19)21-15(20-12)22(16(23)24)17(25)26-18(3,4)5/h6-9H,1-5H3,(H,23,24)/i1D3,2D3. The largest absolute Gasteiger partial charge is 0.464 e. The predicted octanol–water partition coefficient (Wildman–Crippen LogP) is 4.83. The molecule has 8 heteroatoms. The summed E-state index contributed by atoms with van der Waals surface area (Å²) in [6, 6.07) is 4.77. The van der Waals surface area contributed by atoms with E-state index in [1.165, 1.54) is 39.0 Å². The van der Waals surface area contributed by atoms with Gasteiger partial charge < -0.3 is 9.84 Å². The van der Waals surface area contributed by atoms with Crippen LogP contribution in [0.15, 0.2) is 24.3 Å². The van der Waals surface area contributed by atoms with Crippen LogP contribution in [0.4, 0.5) is 15.5 Å².